The lowest BCUT2D eigenvalue weighted by Gasteiger charge is -1.82. The number of nitrogens with zero attached hydrogens (tertiary/aromatic N) is 1. The predicted octanol–water partition coefficient (Wildman–Crippen LogP) is -0.796. The molecule has 2 aromatic rings. The van der Waals surface area contributed by atoms with E-state index in [2.05, 4.69) is 14.6 Å². The van der Waals surface area contributed by atoms with Crippen LogP contribution in [0.15, 0.2) is 20.2 Å². The molecule has 0 saturated heterocycles. The smallest absolute Gasteiger partial charge is 0.406 e. The molecule has 6 heteroatoms. The van der Waals surface area contributed by atoms with E-state index in [1.54, 1.807) is 0 Å². The van der Waals surface area contributed by atoms with E-state index in [1.165, 1.54) is 6.20 Å². The molecule has 0 radical (unpaired) electrons. The second-order valence-corrected chi connectivity index (χ2v) is 1.95. The first-order valence-electron chi connectivity index (χ1n) is 2.84. The van der Waals surface area contributed by atoms with Crippen molar-refractivity contribution in [1.29, 1.82) is 0 Å². The highest BCUT2D eigenvalue weighted by molar-refractivity contribution is 5.68. The molecule has 0 aromatic carbocycles. The minimum atomic E-state index is -0.774. The Morgan fingerprint density at radius 1 is 1.45 bits per heavy atom. The van der Waals surface area contributed by atoms with E-state index in [0.717, 1.165) is 0 Å². The number of aromatic amines is 2. The van der Waals surface area contributed by atoms with Crippen molar-refractivity contribution in [3.8, 4) is 0 Å². The maximum atomic E-state index is 10.9. The Morgan fingerprint density at radius 2 is 2.27 bits per heavy atom. The first-order valence-corrected chi connectivity index (χ1v) is 2.84. The van der Waals surface area contributed by atoms with Gasteiger partial charge in [0.25, 0.3) is 5.56 Å². The third kappa shape index (κ3) is 0.759. The molecule has 0 fully saturated rings. The zero-order chi connectivity index (χ0) is 7.84. The number of hydrogen-bond acceptors (Lipinski definition) is 4. The molecule has 0 bridgehead atoms. The zero-order valence-corrected chi connectivity index (χ0v) is 5.25. The van der Waals surface area contributed by atoms with Crippen LogP contribution in [0.4, 0.5) is 0 Å². The Labute approximate surface area is 58.9 Å². The van der Waals surface area contributed by atoms with Crippen molar-refractivity contribution in [2.24, 2.45) is 0 Å². The lowest BCUT2D eigenvalue weighted by Crippen LogP contribution is -2.17. The molecule has 2 rings (SSSR count). The molecule has 0 atom stereocenters. The Kier molecular flexibility index (Phi) is 0.974. The van der Waals surface area contributed by atoms with Crippen LogP contribution in [-0.4, -0.2) is 15.2 Å². The maximum absolute atomic E-state index is 10.9. The van der Waals surface area contributed by atoms with Crippen LogP contribution in [-0.2, 0) is 0 Å². The topological polar surface area (TPSA) is 91.8 Å². The number of rotatable bonds is 0. The van der Waals surface area contributed by atoms with Crippen molar-refractivity contribution in [2.45, 2.75) is 0 Å². The van der Waals surface area contributed by atoms with Crippen LogP contribution in [0.2, 0.25) is 0 Å². The van der Waals surface area contributed by atoms with Gasteiger partial charge in [0, 0.05) is 0 Å². The predicted molar refractivity (Wildman–Crippen MR) is 35.3 cm³/mol. The van der Waals surface area contributed by atoms with Crippen molar-refractivity contribution in [2.75, 3.05) is 0 Å². The van der Waals surface area contributed by atoms with E-state index in [9.17, 15) is 9.59 Å². The molecule has 0 aliphatic rings. The second-order valence-electron chi connectivity index (χ2n) is 1.95. The summed E-state index contributed by atoms with van der Waals surface area (Å²) in [5, 5.41) is 5.91. The van der Waals surface area contributed by atoms with Crippen molar-refractivity contribution >= 4 is 11.1 Å². The fraction of sp³-hybridized carbons (Fsp3) is 0. The van der Waals surface area contributed by atoms with Gasteiger partial charge in [0.05, 0.1) is 6.20 Å². The molecular formula is C5H3N3O3. The monoisotopic (exact) mass is 153 g/mol. The van der Waals surface area contributed by atoms with Gasteiger partial charge in [-0.3, -0.25) is 14.9 Å². The summed E-state index contributed by atoms with van der Waals surface area (Å²) in [7, 11) is 0. The number of H-pyrrole nitrogens is 2. The van der Waals surface area contributed by atoms with Gasteiger partial charge >= 0.3 is 5.76 Å². The average molecular weight is 153 g/mol. The molecule has 2 aromatic heterocycles. The largest absolute Gasteiger partial charge is 0.419 e. The lowest BCUT2D eigenvalue weighted by molar-refractivity contribution is 0.528. The highest BCUT2D eigenvalue weighted by Crippen LogP contribution is 1.98. The van der Waals surface area contributed by atoms with Gasteiger partial charge in [-0.05, 0) is 0 Å². The SMILES string of the molecule is O=c1[nH]c(=O)c2[nH]ncc2o1. The molecule has 6 nitrogen and oxygen atoms in total. The highest BCUT2D eigenvalue weighted by atomic mass is 16.4. The lowest BCUT2D eigenvalue weighted by atomic mass is 10.5. The maximum Gasteiger partial charge on any atom is 0.419 e. The van der Waals surface area contributed by atoms with Crippen molar-refractivity contribution < 1.29 is 4.42 Å². The van der Waals surface area contributed by atoms with Crippen LogP contribution in [0.3, 0.4) is 0 Å². The Balaban J connectivity index is 3.15. The van der Waals surface area contributed by atoms with E-state index < -0.39 is 11.3 Å². The fourth-order valence-corrected chi connectivity index (χ4v) is 0.796. The summed E-state index contributed by atoms with van der Waals surface area (Å²) in [6.07, 6.45) is 1.27. The Morgan fingerprint density at radius 3 is 3.09 bits per heavy atom. The molecule has 0 aliphatic heterocycles. The van der Waals surface area contributed by atoms with Crippen LogP contribution in [0.1, 0.15) is 0 Å². The van der Waals surface area contributed by atoms with E-state index in [-0.39, 0.29) is 11.1 Å². The standard InChI is InChI=1S/C5H3N3O3/c9-4-3-2(1-6-8-3)11-5(10)7-4/h1H,(H,6,8)(H,7,9,10). The van der Waals surface area contributed by atoms with Gasteiger partial charge in [-0.2, -0.15) is 5.10 Å². The van der Waals surface area contributed by atoms with Crippen molar-refractivity contribution in [3.05, 3.63) is 27.1 Å². The molecule has 0 spiro atoms. The summed E-state index contributed by atoms with van der Waals surface area (Å²) in [5.74, 6) is -0.774. The minimum Gasteiger partial charge on any atom is -0.406 e. The van der Waals surface area contributed by atoms with Crippen LogP contribution in [0, 0.1) is 0 Å². The molecule has 0 amide bonds. The van der Waals surface area contributed by atoms with Crippen LogP contribution >= 0.6 is 0 Å². The molecule has 2 N–H and O–H groups in total. The van der Waals surface area contributed by atoms with Gasteiger partial charge in [-0.15, -0.1) is 0 Å². The molecule has 0 saturated carbocycles. The quantitative estimate of drug-likeness (QED) is 0.518. The fourth-order valence-electron chi connectivity index (χ4n) is 0.796. The van der Waals surface area contributed by atoms with E-state index in [4.69, 9.17) is 0 Å². The average Bonchev–Trinajstić information content (AvgIpc) is 2.34. The van der Waals surface area contributed by atoms with Gasteiger partial charge in [-0.25, -0.2) is 4.79 Å². The number of aromatic nitrogens is 3. The Bertz CT molecular complexity index is 491. The van der Waals surface area contributed by atoms with Gasteiger partial charge in [-0.1, -0.05) is 0 Å². The van der Waals surface area contributed by atoms with Gasteiger partial charge in [0.15, 0.2) is 11.1 Å². The van der Waals surface area contributed by atoms with E-state index >= 15 is 0 Å². The Hall–Kier alpha value is -1.85. The van der Waals surface area contributed by atoms with Gasteiger partial charge in [0.2, 0.25) is 0 Å². The molecule has 11 heavy (non-hydrogen) atoms. The minimum absolute atomic E-state index is 0.166. The third-order valence-corrected chi connectivity index (χ3v) is 1.25. The van der Waals surface area contributed by atoms with Crippen LogP contribution in [0.5, 0.6) is 0 Å². The van der Waals surface area contributed by atoms with E-state index in [1.807, 2.05) is 4.98 Å². The van der Waals surface area contributed by atoms with E-state index in [0.29, 0.717) is 0 Å². The summed E-state index contributed by atoms with van der Waals surface area (Å²) >= 11 is 0. The summed E-state index contributed by atoms with van der Waals surface area (Å²) in [4.78, 5) is 23.4. The number of hydrogen-bond donors (Lipinski definition) is 2. The molecule has 56 valence electrons. The third-order valence-electron chi connectivity index (χ3n) is 1.25. The summed E-state index contributed by atoms with van der Waals surface area (Å²) in [5.41, 5.74) is -0.183. The normalized spacial score (nSPS) is 10.5. The molecular weight excluding hydrogens is 150 g/mol. The van der Waals surface area contributed by atoms with Crippen LogP contribution < -0.4 is 11.3 Å². The first kappa shape index (κ1) is 5.90. The summed E-state index contributed by atoms with van der Waals surface area (Å²) < 4.78 is 4.58. The van der Waals surface area contributed by atoms with Crippen molar-refractivity contribution in [3.63, 3.8) is 0 Å². The van der Waals surface area contributed by atoms with Gasteiger partial charge in [0.1, 0.15) is 0 Å². The molecule has 2 heterocycles. The molecule has 0 aliphatic carbocycles. The number of nitrogens with one attached hydrogen (secondary N) is 2. The highest BCUT2D eigenvalue weighted by Gasteiger charge is 2.02. The van der Waals surface area contributed by atoms with Crippen LogP contribution in [0.25, 0.3) is 11.1 Å². The number of fused-ring (bicyclic) bond motifs is 1. The summed E-state index contributed by atoms with van der Waals surface area (Å²) in [6.45, 7) is 0. The summed E-state index contributed by atoms with van der Waals surface area (Å²) in [6, 6.07) is 0. The second kappa shape index (κ2) is 1.82. The first-order chi connectivity index (χ1) is 5.27. The van der Waals surface area contributed by atoms with Crippen molar-refractivity contribution in [1.82, 2.24) is 15.2 Å². The van der Waals surface area contributed by atoms with Gasteiger partial charge < -0.3 is 4.42 Å². The zero-order valence-electron chi connectivity index (χ0n) is 5.25. The molecule has 0 unspecified atom stereocenters.